The van der Waals surface area contributed by atoms with Crippen molar-refractivity contribution in [3.05, 3.63) is 47.3 Å². The van der Waals surface area contributed by atoms with Crippen molar-refractivity contribution in [2.45, 2.75) is 20.4 Å². The summed E-state index contributed by atoms with van der Waals surface area (Å²) in [5, 5.41) is 6.76. The Morgan fingerprint density at radius 2 is 2.10 bits per heavy atom. The molecule has 0 spiro atoms. The number of rotatable bonds is 4. The lowest BCUT2D eigenvalue weighted by atomic mass is 10.0. The number of esters is 1. The highest BCUT2D eigenvalue weighted by molar-refractivity contribution is 6.05. The Morgan fingerprint density at radius 3 is 2.81 bits per heavy atom. The monoisotopic (exact) mass is 287 g/mol. The van der Waals surface area contributed by atoms with Crippen molar-refractivity contribution >= 4 is 17.6 Å². The van der Waals surface area contributed by atoms with E-state index in [1.54, 1.807) is 12.3 Å². The molecule has 6 nitrogen and oxygen atoms in total. The number of nitrogens with one attached hydrogen (secondary N) is 1. The van der Waals surface area contributed by atoms with E-state index in [-0.39, 0.29) is 12.5 Å². The van der Waals surface area contributed by atoms with Crippen LogP contribution in [0.25, 0.3) is 0 Å². The molecule has 1 amide bonds. The van der Waals surface area contributed by atoms with E-state index in [1.807, 2.05) is 26.0 Å². The van der Waals surface area contributed by atoms with Gasteiger partial charge in [0.15, 0.2) is 0 Å². The van der Waals surface area contributed by atoms with Crippen LogP contribution >= 0.6 is 0 Å². The van der Waals surface area contributed by atoms with Crippen LogP contribution in [0.2, 0.25) is 0 Å². The van der Waals surface area contributed by atoms with Crippen molar-refractivity contribution < 1.29 is 14.3 Å². The van der Waals surface area contributed by atoms with E-state index in [9.17, 15) is 9.59 Å². The molecule has 1 N–H and O–H groups in total. The van der Waals surface area contributed by atoms with Gasteiger partial charge in [-0.25, -0.2) is 0 Å². The second kappa shape index (κ2) is 6.21. The van der Waals surface area contributed by atoms with E-state index in [0.717, 1.165) is 11.1 Å². The Balaban J connectivity index is 2.09. The second-order valence-corrected chi connectivity index (χ2v) is 4.70. The molecule has 0 aliphatic heterocycles. The number of nitrogens with zero attached hydrogens (tertiary/aromatic N) is 2. The highest BCUT2D eigenvalue weighted by atomic mass is 16.5. The first kappa shape index (κ1) is 14.8. The highest BCUT2D eigenvalue weighted by Gasteiger charge is 2.12. The maximum absolute atomic E-state index is 12.2. The number of benzene rings is 1. The standard InChI is InChI=1S/C15H17N3O3/c1-10-5-4-6-13(11(10)2)15(20)17-12-7-16-18(8-12)9-14(19)21-3/h4-8H,9H2,1-3H3,(H,17,20). The largest absolute Gasteiger partial charge is 0.468 e. The Bertz CT molecular complexity index is 677. The third-order valence-corrected chi connectivity index (χ3v) is 3.26. The molecule has 1 aromatic carbocycles. The van der Waals surface area contributed by atoms with E-state index >= 15 is 0 Å². The molecule has 0 saturated carbocycles. The Labute approximate surface area is 122 Å². The van der Waals surface area contributed by atoms with Gasteiger partial charge in [0.05, 0.1) is 19.0 Å². The van der Waals surface area contributed by atoms with Crippen LogP contribution in [-0.4, -0.2) is 28.8 Å². The molecule has 1 heterocycles. The lowest BCUT2D eigenvalue weighted by Crippen LogP contribution is -2.14. The summed E-state index contributed by atoms with van der Waals surface area (Å²) in [6.07, 6.45) is 3.08. The summed E-state index contributed by atoms with van der Waals surface area (Å²) < 4.78 is 5.96. The van der Waals surface area contributed by atoms with Crippen LogP contribution < -0.4 is 5.32 Å². The maximum Gasteiger partial charge on any atom is 0.327 e. The van der Waals surface area contributed by atoms with Crippen molar-refractivity contribution in [3.63, 3.8) is 0 Å². The quantitative estimate of drug-likeness (QED) is 0.872. The summed E-state index contributed by atoms with van der Waals surface area (Å²) in [5.74, 6) is -0.598. The predicted octanol–water partition coefficient (Wildman–Crippen LogP) is 1.93. The molecule has 0 unspecified atom stereocenters. The number of carbonyl (C=O) groups excluding carboxylic acids is 2. The van der Waals surface area contributed by atoms with Gasteiger partial charge in [0.1, 0.15) is 6.54 Å². The fourth-order valence-corrected chi connectivity index (χ4v) is 1.91. The summed E-state index contributed by atoms with van der Waals surface area (Å²) in [6.45, 7) is 3.88. The Kier molecular flexibility index (Phi) is 4.37. The molecule has 0 atom stereocenters. The zero-order chi connectivity index (χ0) is 15.4. The number of carbonyl (C=O) groups is 2. The van der Waals surface area contributed by atoms with Gasteiger partial charge in [-0.2, -0.15) is 5.10 Å². The van der Waals surface area contributed by atoms with Gasteiger partial charge in [0.25, 0.3) is 5.91 Å². The van der Waals surface area contributed by atoms with Crippen molar-refractivity contribution in [2.75, 3.05) is 12.4 Å². The van der Waals surface area contributed by atoms with E-state index < -0.39 is 5.97 Å². The third kappa shape index (κ3) is 3.47. The minimum Gasteiger partial charge on any atom is -0.468 e. The molecule has 0 bridgehead atoms. The predicted molar refractivity (Wildman–Crippen MR) is 78.1 cm³/mol. The van der Waals surface area contributed by atoms with Crippen molar-refractivity contribution in [1.29, 1.82) is 0 Å². The Hall–Kier alpha value is -2.63. The van der Waals surface area contributed by atoms with Gasteiger partial charge in [0.2, 0.25) is 0 Å². The molecular formula is C15H17N3O3. The molecule has 2 aromatic rings. The van der Waals surface area contributed by atoms with Gasteiger partial charge in [-0.3, -0.25) is 14.3 Å². The van der Waals surface area contributed by atoms with E-state index in [0.29, 0.717) is 11.3 Å². The molecule has 0 fully saturated rings. The lowest BCUT2D eigenvalue weighted by molar-refractivity contribution is -0.141. The minimum atomic E-state index is -0.398. The maximum atomic E-state index is 12.2. The molecule has 0 saturated heterocycles. The molecular weight excluding hydrogens is 270 g/mol. The van der Waals surface area contributed by atoms with E-state index in [1.165, 1.54) is 18.0 Å². The number of amides is 1. The fourth-order valence-electron chi connectivity index (χ4n) is 1.91. The van der Waals surface area contributed by atoms with Gasteiger partial charge in [0, 0.05) is 11.8 Å². The van der Waals surface area contributed by atoms with Gasteiger partial charge < -0.3 is 10.1 Å². The average molecular weight is 287 g/mol. The van der Waals surface area contributed by atoms with Gasteiger partial charge in [-0.1, -0.05) is 12.1 Å². The number of ether oxygens (including phenoxy) is 1. The molecule has 21 heavy (non-hydrogen) atoms. The first-order valence-electron chi connectivity index (χ1n) is 6.48. The van der Waals surface area contributed by atoms with Crippen molar-refractivity contribution in [1.82, 2.24) is 9.78 Å². The summed E-state index contributed by atoms with van der Waals surface area (Å²) in [5.41, 5.74) is 3.15. The van der Waals surface area contributed by atoms with Gasteiger partial charge >= 0.3 is 5.97 Å². The number of hydrogen-bond donors (Lipinski definition) is 1. The van der Waals surface area contributed by atoms with Gasteiger partial charge in [-0.05, 0) is 31.0 Å². The number of aryl methyl sites for hydroxylation is 1. The average Bonchev–Trinajstić information content (AvgIpc) is 2.88. The molecule has 110 valence electrons. The molecule has 6 heteroatoms. The lowest BCUT2D eigenvalue weighted by Gasteiger charge is -2.08. The number of methoxy groups -OCH3 is 1. The first-order chi connectivity index (χ1) is 10.0. The van der Waals surface area contributed by atoms with Crippen LogP contribution in [0.1, 0.15) is 21.5 Å². The van der Waals surface area contributed by atoms with Crippen LogP contribution in [0.15, 0.2) is 30.6 Å². The van der Waals surface area contributed by atoms with Gasteiger partial charge in [-0.15, -0.1) is 0 Å². The number of anilines is 1. The molecule has 0 aliphatic carbocycles. The Morgan fingerprint density at radius 1 is 1.33 bits per heavy atom. The van der Waals surface area contributed by atoms with Crippen molar-refractivity contribution in [3.8, 4) is 0 Å². The third-order valence-electron chi connectivity index (χ3n) is 3.26. The zero-order valence-electron chi connectivity index (χ0n) is 12.2. The topological polar surface area (TPSA) is 73.2 Å². The summed E-state index contributed by atoms with van der Waals surface area (Å²) in [4.78, 5) is 23.4. The molecule has 2 rings (SSSR count). The minimum absolute atomic E-state index is 0.00977. The fraction of sp³-hybridized carbons (Fsp3) is 0.267. The van der Waals surface area contributed by atoms with Crippen LogP contribution in [0.5, 0.6) is 0 Å². The molecule has 0 radical (unpaired) electrons. The molecule has 0 aliphatic rings. The van der Waals surface area contributed by atoms with Crippen LogP contribution in [0, 0.1) is 13.8 Å². The van der Waals surface area contributed by atoms with Crippen molar-refractivity contribution in [2.24, 2.45) is 0 Å². The second-order valence-electron chi connectivity index (χ2n) is 4.70. The van der Waals surface area contributed by atoms with Crippen LogP contribution in [0.4, 0.5) is 5.69 Å². The van der Waals surface area contributed by atoms with Crippen LogP contribution in [-0.2, 0) is 16.1 Å². The summed E-state index contributed by atoms with van der Waals surface area (Å²) >= 11 is 0. The summed E-state index contributed by atoms with van der Waals surface area (Å²) in [7, 11) is 1.31. The normalized spacial score (nSPS) is 10.2. The number of aromatic nitrogens is 2. The van der Waals surface area contributed by atoms with Crippen LogP contribution in [0.3, 0.4) is 0 Å². The first-order valence-corrected chi connectivity index (χ1v) is 6.48. The van der Waals surface area contributed by atoms with E-state index in [2.05, 4.69) is 15.2 Å². The van der Waals surface area contributed by atoms with E-state index in [4.69, 9.17) is 0 Å². The highest BCUT2D eigenvalue weighted by Crippen LogP contribution is 2.15. The SMILES string of the molecule is COC(=O)Cn1cc(NC(=O)c2cccc(C)c2C)cn1. The summed E-state index contributed by atoms with van der Waals surface area (Å²) in [6, 6.07) is 5.58. The molecule has 1 aromatic heterocycles. The zero-order valence-corrected chi connectivity index (χ0v) is 12.2. The number of hydrogen-bond acceptors (Lipinski definition) is 4. The smallest absolute Gasteiger partial charge is 0.327 e.